The van der Waals surface area contributed by atoms with Crippen LogP contribution in [0.25, 0.3) is 11.0 Å². The fourth-order valence-corrected chi connectivity index (χ4v) is 4.49. The highest BCUT2D eigenvalue weighted by Gasteiger charge is 2.38. The number of H-pyrrole nitrogens is 1. The van der Waals surface area contributed by atoms with E-state index >= 15 is 0 Å². The van der Waals surface area contributed by atoms with E-state index in [0.29, 0.717) is 40.9 Å². The van der Waals surface area contributed by atoms with Gasteiger partial charge in [-0.25, -0.2) is 4.98 Å². The Morgan fingerprint density at radius 1 is 1.10 bits per heavy atom. The first kappa shape index (κ1) is 22.3. The van der Waals surface area contributed by atoms with Crippen molar-refractivity contribution in [2.75, 3.05) is 13.1 Å². The fraction of sp³-hybridized carbons (Fsp3) is 0.429. The lowest BCUT2D eigenvalue weighted by Crippen LogP contribution is -2.49. The lowest BCUT2D eigenvalue weighted by Gasteiger charge is -2.45. The van der Waals surface area contributed by atoms with Crippen LogP contribution in [0.3, 0.4) is 0 Å². The summed E-state index contributed by atoms with van der Waals surface area (Å²) in [6.07, 6.45) is 6.42. The van der Waals surface area contributed by atoms with E-state index in [-0.39, 0.29) is 10.9 Å². The number of benzene rings is 1. The minimum atomic E-state index is -0.697. The fourth-order valence-electron chi connectivity index (χ4n) is 4.49. The van der Waals surface area contributed by atoms with E-state index < -0.39 is 5.44 Å². The monoisotopic (exact) mass is 399 g/mol. The van der Waals surface area contributed by atoms with Gasteiger partial charge in [-0.3, -0.25) is 9.88 Å². The van der Waals surface area contributed by atoms with Crippen molar-refractivity contribution in [1.29, 1.82) is 0 Å². The first-order chi connectivity index (χ1) is 14.9. The maximum atomic E-state index is 7.05. The van der Waals surface area contributed by atoms with Crippen LogP contribution in [0.15, 0.2) is 18.3 Å². The maximum Gasteiger partial charge on any atom is 0.121 e. The summed E-state index contributed by atoms with van der Waals surface area (Å²) < 4.78 is 0. The molecule has 1 atom stereocenters. The normalized spacial score (nSPS) is 18.5. The standard InChI is InChI=1S/C21H22B5N5/c22-14-15(23)17(25)19-18(16(14)24)29-13(30-19)11-31(10-2-1-8-27)21(26)7-3-5-12-6-4-9-28-20(12)21/h4,6,9H,1-3,5,7-8,10-11,27H2,(H,29,30)/t21-/m0/s1. The van der Waals surface area contributed by atoms with Gasteiger partial charge in [-0.05, 0) is 56.8 Å². The predicted octanol–water partition coefficient (Wildman–Crippen LogP) is -1.97. The van der Waals surface area contributed by atoms with Crippen LogP contribution in [0.5, 0.6) is 0 Å². The van der Waals surface area contributed by atoms with Gasteiger partial charge in [0.1, 0.15) is 45.1 Å². The quantitative estimate of drug-likeness (QED) is 0.358. The van der Waals surface area contributed by atoms with E-state index in [1.54, 1.807) is 6.20 Å². The highest BCUT2D eigenvalue weighted by molar-refractivity contribution is 6.66. The third kappa shape index (κ3) is 4.00. The summed E-state index contributed by atoms with van der Waals surface area (Å²) in [4.78, 5) is 14.9. The number of nitrogens with one attached hydrogen (secondary N) is 1. The summed E-state index contributed by atoms with van der Waals surface area (Å²) in [7, 11) is 31.4. The van der Waals surface area contributed by atoms with Crippen LogP contribution in [0.4, 0.5) is 0 Å². The molecule has 10 heteroatoms. The molecule has 3 aromatic rings. The molecular formula is C21H22B5N5. The number of hydrogen-bond donors (Lipinski definition) is 2. The van der Waals surface area contributed by atoms with E-state index in [2.05, 4.69) is 25.9 Å². The summed E-state index contributed by atoms with van der Waals surface area (Å²) in [5.41, 5.74) is 9.47. The number of aromatic amines is 1. The lowest BCUT2D eigenvalue weighted by molar-refractivity contribution is 0.122. The number of aromatic nitrogens is 3. The Morgan fingerprint density at radius 3 is 2.65 bits per heavy atom. The van der Waals surface area contributed by atoms with Crippen LogP contribution < -0.4 is 27.6 Å². The van der Waals surface area contributed by atoms with Gasteiger partial charge in [-0.2, -0.15) is 0 Å². The zero-order valence-corrected chi connectivity index (χ0v) is 17.7. The van der Waals surface area contributed by atoms with Crippen molar-refractivity contribution < 1.29 is 0 Å². The molecule has 2 heterocycles. The summed E-state index contributed by atoms with van der Waals surface area (Å²) in [6, 6.07) is 4.07. The number of aryl methyl sites for hydroxylation is 1. The molecule has 0 spiro atoms. The van der Waals surface area contributed by atoms with Gasteiger partial charge in [-0.1, -0.05) is 17.0 Å². The number of unbranched alkanes of at least 4 members (excludes halogenated alkanes) is 1. The zero-order valence-electron chi connectivity index (χ0n) is 17.7. The third-order valence-electron chi connectivity index (χ3n) is 6.24. The van der Waals surface area contributed by atoms with Crippen molar-refractivity contribution >= 4 is 72.1 Å². The number of fused-ring (bicyclic) bond motifs is 2. The van der Waals surface area contributed by atoms with Crippen LogP contribution in [-0.4, -0.2) is 72.2 Å². The Labute approximate surface area is 190 Å². The highest BCUT2D eigenvalue weighted by atomic mass is 15.2. The average molecular weight is 399 g/mol. The van der Waals surface area contributed by atoms with Crippen LogP contribution in [0.2, 0.25) is 0 Å². The largest absolute Gasteiger partial charge is 0.341 e. The molecule has 1 aromatic carbocycles. The summed E-state index contributed by atoms with van der Waals surface area (Å²) in [5, 5.41) is 0. The zero-order chi connectivity index (χ0) is 22.2. The van der Waals surface area contributed by atoms with Gasteiger partial charge >= 0.3 is 0 Å². The van der Waals surface area contributed by atoms with Gasteiger partial charge in [0.15, 0.2) is 0 Å². The van der Waals surface area contributed by atoms with Crippen LogP contribution >= 0.6 is 0 Å². The number of imidazole rings is 1. The van der Waals surface area contributed by atoms with E-state index in [1.807, 2.05) is 6.07 Å². The molecule has 0 unspecified atom stereocenters. The molecular weight excluding hydrogens is 376 g/mol. The van der Waals surface area contributed by atoms with Gasteiger partial charge in [0.25, 0.3) is 0 Å². The molecule has 2 aromatic heterocycles. The number of nitrogens with zero attached hydrogens (tertiary/aromatic N) is 3. The number of pyridine rings is 1. The summed E-state index contributed by atoms with van der Waals surface area (Å²) in [5.74, 6) is 0.694. The van der Waals surface area contributed by atoms with Crippen LogP contribution in [-0.2, 0) is 18.4 Å². The molecule has 0 fully saturated rings. The smallest absolute Gasteiger partial charge is 0.121 e. The second-order valence-electron chi connectivity index (χ2n) is 8.27. The molecule has 10 radical (unpaired) electrons. The molecule has 3 N–H and O–H groups in total. The molecule has 31 heavy (non-hydrogen) atoms. The molecule has 0 saturated carbocycles. The van der Waals surface area contributed by atoms with Crippen molar-refractivity contribution in [3.8, 4) is 0 Å². The minimum Gasteiger partial charge on any atom is -0.341 e. The van der Waals surface area contributed by atoms with Gasteiger partial charge in [0, 0.05) is 11.6 Å². The van der Waals surface area contributed by atoms with Crippen LogP contribution in [0, 0.1) is 0 Å². The van der Waals surface area contributed by atoms with Crippen molar-refractivity contribution in [3.05, 3.63) is 35.4 Å². The van der Waals surface area contributed by atoms with Crippen molar-refractivity contribution in [2.24, 2.45) is 5.73 Å². The topological polar surface area (TPSA) is 70.8 Å². The third-order valence-corrected chi connectivity index (χ3v) is 6.24. The molecule has 0 bridgehead atoms. The van der Waals surface area contributed by atoms with E-state index in [1.165, 1.54) is 5.56 Å². The lowest BCUT2D eigenvalue weighted by atomic mass is 9.65. The van der Waals surface area contributed by atoms with E-state index in [9.17, 15) is 0 Å². The Balaban J connectivity index is 1.73. The molecule has 0 saturated heterocycles. The van der Waals surface area contributed by atoms with Crippen molar-refractivity contribution in [3.63, 3.8) is 0 Å². The second kappa shape index (κ2) is 8.91. The minimum absolute atomic E-state index is 0.253. The molecule has 0 amide bonds. The number of hydrogen-bond acceptors (Lipinski definition) is 4. The van der Waals surface area contributed by atoms with Gasteiger partial charge in [0.2, 0.25) is 0 Å². The summed E-state index contributed by atoms with van der Waals surface area (Å²) in [6.45, 7) is 1.87. The SMILES string of the molecule is [B]c1c([B])c([B])c2[nH]c(CN(CCCCN)[C@@]3([B])CCCc4cccnc43)nc2c1[B]. The Morgan fingerprint density at radius 2 is 1.87 bits per heavy atom. The van der Waals surface area contributed by atoms with Crippen molar-refractivity contribution in [2.45, 2.75) is 44.1 Å². The molecule has 1 aliphatic carbocycles. The van der Waals surface area contributed by atoms with Crippen molar-refractivity contribution in [1.82, 2.24) is 19.9 Å². The van der Waals surface area contributed by atoms with E-state index in [4.69, 9.17) is 45.0 Å². The first-order valence-electron chi connectivity index (χ1n) is 10.7. The molecule has 1 aliphatic rings. The van der Waals surface area contributed by atoms with Crippen LogP contribution in [0.1, 0.15) is 42.8 Å². The molecule has 5 nitrogen and oxygen atoms in total. The highest BCUT2D eigenvalue weighted by Crippen LogP contribution is 2.37. The molecule has 0 aliphatic heterocycles. The predicted molar refractivity (Wildman–Crippen MR) is 131 cm³/mol. The Hall–Kier alpha value is -1.92. The second-order valence-corrected chi connectivity index (χ2v) is 8.27. The number of nitrogens with two attached hydrogens (primary N) is 1. The Bertz CT molecular complexity index is 1060. The number of rotatable bonds is 7. The van der Waals surface area contributed by atoms with E-state index in [0.717, 1.165) is 44.3 Å². The average Bonchev–Trinajstić information content (AvgIpc) is 3.20. The Kier molecular flexibility index (Phi) is 6.41. The molecule has 146 valence electrons. The summed E-state index contributed by atoms with van der Waals surface area (Å²) >= 11 is 0. The van der Waals surface area contributed by atoms with Gasteiger partial charge in [-0.15, -0.1) is 10.9 Å². The van der Waals surface area contributed by atoms with Gasteiger partial charge < -0.3 is 10.7 Å². The molecule has 4 rings (SSSR count). The maximum absolute atomic E-state index is 7.05. The first-order valence-corrected chi connectivity index (χ1v) is 10.7. The van der Waals surface area contributed by atoms with Gasteiger partial charge in [0.05, 0.1) is 23.3 Å².